The van der Waals surface area contributed by atoms with Crippen molar-refractivity contribution >= 4 is 5.57 Å². The average Bonchev–Trinajstić information content (AvgIpc) is 2.15. The Balaban J connectivity index is 3.06. The second kappa shape index (κ2) is 4.47. The Labute approximate surface area is 79.3 Å². The number of hydrogen-bond acceptors (Lipinski definition) is 1. The fourth-order valence-electron chi connectivity index (χ4n) is 1.29. The molecule has 0 spiro atoms. The fourth-order valence-corrected chi connectivity index (χ4v) is 1.29. The number of benzene rings is 1. The maximum Gasteiger partial charge on any atom is 0.0669 e. The van der Waals surface area contributed by atoms with E-state index >= 15 is 0 Å². The quantitative estimate of drug-likeness (QED) is 0.669. The van der Waals surface area contributed by atoms with Gasteiger partial charge in [-0.25, -0.2) is 0 Å². The van der Waals surface area contributed by atoms with Gasteiger partial charge in [0, 0.05) is 0 Å². The standard InChI is InChI=1S/C12H13N/c1-10(2)12(8-9-13)11-6-4-3-5-7-11/h3-7H,8H2,1-2H3. The van der Waals surface area contributed by atoms with Gasteiger partial charge in [-0.1, -0.05) is 35.9 Å². The first-order valence-corrected chi connectivity index (χ1v) is 4.34. The number of rotatable bonds is 2. The van der Waals surface area contributed by atoms with E-state index in [9.17, 15) is 0 Å². The van der Waals surface area contributed by atoms with Gasteiger partial charge < -0.3 is 0 Å². The Kier molecular flexibility index (Phi) is 3.28. The normalized spacial score (nSPS) is 9.00. The van der Waals surface area contributed by atoms with Crippen molar-refractivity contribution in [2.75, 3.05) is 0 Å². The van der Waals surface area contributed by atoms with Crippen molar-refractivity contribution in [1.82, 2.24) is 0 Å². The van der Waals surface area contributed by atoms with E-state index in [1.54, 1.807) is 0 Å². The first-order valence-electron chi connectivity index (χ1n) is 4.34. The molecule has 0 amide bonds. The van der Waals surface area contributed by atoms with Crippen LogP contribution >= 0.6 is 0 Å². The topological polar surface area (TPSA) is 23.8 Å². The zero-order valence-corrected chi connectivity index (χ0v) is 8.04. The van der Waals surface area contributed by atoms with Crippen LogP contribution in [0.25, 0.3) is 5.57 Å². The molecule has 66 valence electrons. The molecule has 0 fully saturated rings. The summed E-state index contributed by atoms with van der Waals surface area (Å²) in [6.07, 6.45) is 0.492. The number of nitriles is 1. The third-order valence-electron chi connectivity index (χ3n) is 1.98. The Morgan fingerprint density at radius 1 is 1.23 bits per heavy atom. The molecule has 0 heterocycles. The minimum absolute atomic E-state index is 0.492. The molecule has 0 aliphatic heterocycles. The molecule has 0 unspecified atom stereocenters. The number of nitrogens with zero attached hydrogens (tertiary/aromatic N) is 1. The zero-order chi connectivity index (χ0) is 9.68. The highest BCUT2D eigenvalue weighted by Gasteiger charge is 2.01. The summed E-state index contributed by atoms with van der Waals surface area (Å²) in [7, 11) is 0. The van der Waals surface area contributed by atoms with Crippen LogP contribution < -0.4 is 0 Å². The molecular formula is C12H13N. The molecule has 0 aliphatic carbocycles. The molecule has 0 atom stereocenters. The smallest absolute Gasteiger partial charge is 0.0669 e. The van der Waals surface area contributed by atoms with E-state index in [0.717, 1.165) is 11.1 Å². The second-order valence-electron chi connectivity index (χ2n) is 3.18. The maximum atomic E-state index is 8.66. The molecule has 1 aromatic carbocycles. The van der Waals surface area contributed by atoms with Crippen LogP contribution in [0.1, 0.15) is 25.8 Å². The summed E-state index contributed by atoms with van der Waals surface area (Å²) in [5.74, 6) is 0. The van der Waals surface area contributed by atoms with Gasteiger partial charge in [0.05, 0.1) is 12.5 Å². The van der Waals surface area contributed by atoms with Gasteiger partial charge in [-0.2, -0.15) is 5.26 Å². The molecule has 0 aromatic heterocycles. The van der Waals surface area contributed by atoms with Gasteiger partial charge in [0.1, 0.15) is 0 Å². The van der Waals surface area contributed by atoms with Crippen molar-refractivity contribution in [2.24, 2.45) is 0 Å². The van der Waals surface area contributed by atoms with E-state index in [-0.39, 0.29) is 0 Å². The van der Waals surface area contributed by atoms with E-state index in [1.165, 1.54) is 5.57 Å². The van der Waals surface area contributed by atoms with Crippen molar-refractivity contribution in [3.05, 3.63) is 41.5 Å². The van der Waals surface area contributed by atoms with Gasteiger partial charge in [-0.3, -0.25) is 0 Å². The van der Waals surface area contributed by atoms with E-state index in [4.69, 9.17) is 5.26 Å². The third kappa shape index (κ3) is 2.45. The van der Waals surface area contributed by atoms with Crippen LogP contribution in [-0.4, -0.2) is 0 Å². The number of allylic oxidation sites excluding steroid dienone is 2. The first kappa shape index (κ1) is 9.54. The summed E-state index contributed by atoms with van der Waals surface area (Å²) in [5, 5.41) is 8.66. The Hall–Kier alpha value is -1.55. The summed E-state index contributed by atoms with van der Waals surface area (Å²) in [4.78, 5) is 0. The second-order valence-corrected chi connectivity index (χ2v) is 3.18. The molecule has 1 heteroatoms. The Morgan fingerprint density at radius 3 is 2.31 bits per heavy atom. The average molecular weight is 171 g/mol. The molecule has 13 heavy (non-hydrogen) atoms. The van der Waals surface area contributed by atoms with Gasteiger partial charge >= 0.3 is 0 Å². The lowest BCUT2D eigenvalue weighted by molar-refractivity contribution is 1.28. The molecule has 1 rings (SSSR count). The van der Waals surface area contributed by atoms with Crippen LogP contribution in [0.3, 0.4) is 0 Å². The predicted octanol–water partition coefficient (Wildman–Crippen LogP) is 3.39. The lowest BCUT2D eigenvalue weighted by Crippen LogP contribution is -1.85. The van der Waals surface area contributed by atoms with Crippen molar-refractivity contribution < 1.29 is 0 Å². The maximum absolute atomic E-state index is 8.66. The highest BCUT2D eigenvalue weighted by Crippen LogP contribution is 2.20. The summed E-state index contributed by atoms with van der Waals surface area (Å²) >= 11 is 0. The number of hydrogen-bond donors (Lipinski definition) is 0. The van der Waals surface area contributed by atoms with Crippen molar-refractivity contribution in [1.29, 1.82) is 5.26 Å². The highest BCUT2D eigenvalue weighted by molar-refractivity contribution is 5.69. The SMILES string of the molecule is CC(C)=C(CC#N)c1ccccc1. The van der Waals surface area contributed by atoms with Gasteiger partial charge in [0.25, 0.3) is 0 Å². The first-order chi connectivity index (χ1) is 6.25. The zero-order valence-electron chi connectivity index (χ0n) is 8.04. The van der Waals surface area contributed by atoms with Gasteiger partial charge in [-0.05, 0) is 25.0 Å². The monoisotopic (exact) mass is 171 g/mol. The molecule has 1 nitrogen and oxygen atoms in total. The summed E-state index contributed by atoms with van der Waals surface area (Å²) in [6.45, 7) is 4.08. The summed E-state index contributed by atoms with van der Waals surface area (Å²) in [6, 6.07) is 12.2. The Bertz CT molecular complexity index is 337. The van der Waals surface area contributed by atoms with Crippen molar-refractivity contribution in [3.63, 3.8) is 0 Å². The summed E-state index contributed by atoms with van der Waals surface area (Å²) in [5.41, 5.74) is 3.51. The van der Waals surface area contributed by atoms with Crippen molar-refractivity contribution in [2.45, 2.75) is 20.3 Å². The van der Waals surface area contributed by atoms with Gasteiger partial charge in [0.15, 0.2) is 0 Å². The largest absolute Gasteiger partial charge is 0.198 e. The highest BCUT2D eigenvalue weighted by atomic mass is 14.2. The third-order valence-corrected chi connectivity index (χ3v) is 1.98. The lowest BCUT2D eigenvalue weighted by atomic mass is 9.99. The molecule has 0 aliphatic rings. The lowest BCUT2D eigenvalue weighted by Gasteiger charge is -2.05. The van der Waals surface area contributed by atoms with Crippen LogP contribution in [0.4, 0.5) is 0 Å². The molecule has 0 radical (unpaired) electrons. The fraction of sp³-hybridized carbons (Fsp3) is 0.250. The van der Waals surface area contributed by atoms with Gasteiger partial charge in [0.2, 0.25) is 0 Å². The van der Waals surface area contributed by atoms with Crippen LogP contribution in [0.2, 0.25) is 0 Å². The van der Waals surface area contributed by atoms with Crippen LogP contribution in [-0.2, 0) is 0 Å². The predicted molar refractivity (Wildman–Crippen MR) is 54.9 cm³/mol. The van der Waals surface area contributed by atoms with Crippen LogP contribution in [0.5, 0.6) is 0 Å². The Morgan fingerprint density at radius 2 is 1.85 bits per heavy atom. The van der Waals surface area contributed by atoms with E-state index in [2.05, 4.69) is 6.07 Å². The molecular weight excluding hydrogens is 158 g/mol. The molecule has 0 saturated carbocycles. The van der Waals surface area contributed by atoms with Crippen LogP contribution in [0, 0.1) is 11.3 Å². The van der Waals surface area contributed by atoms with E-state index < -0.39 is 0 Å². The van der Waals surface area contributed by atoms with E-state index in [0.29, 0.717) is 6.42 Å². The molecule has 0 N–H and O–H groups in total. The van der Waals surface area contributed by atoms with Crippen molar-refractivity contribution in [3.8, 4) is 6.07 Å². The molecule has 0 bridgehead atoms. The molecule has 1 aromatic rings. The van der Waals surface area contributed by atoms with Gasteiger partial charge in [-0.15, -0.1) is 0 Å². The minimum Gasteiger partial charge on any atom is -0.198 e. The van der Waals surface area contributed by atoms with Crippen LogP contribution in [0.15, 0.2) is 35.9 Å². The molecule has 0 saturated heterocycles. The van der Waals surface area contributed by atoms with E-state index in [1.807, 2.05) is 44.2 Å². The minimum atomic E-state index is 0.492. The summed E-state index contributed by atoms with van der Waals surface area (Å²) < 4.78 is 0.